The molecule has 0 unspecified atom stereocenters. The van der Waals surface area contributed by atoms with Crippen LogP contribution in [-0.2, 0) is 4.74 Å². The summed E-state index contributed by atoms with van der Waals surface area (Å²) >= 11 is 0. The zero-order valence-electron chi connectivity index (χ0n) is 16.4. The molecule has 0 aliphatic heterocycles. The lowest BCUT2D eigenvalue weighted by Crippen LogP contribution is -2.17. The molecule has 0 spiro atoms. The third kappa shape index (κ3) is 4.07. The Bertz CT molecular complexity index is 832. The number of Topliss-reactive ketones (excluding diaryl/α,β-unsaturated/α-hetero) is 1. The molecule has 5 nitrogen and oxygen atoms in total. The second-order valence-electron chi connectivity index (χ2n) is 7.14. The van der Waals surface area contributed by atoms with Crippen molar-refractivity contribution >= 4 is 17.4 Å². The minimum absolute atomic E-state index is 0.0333. The Labute approximate surface area is 160 Å². The van der Waals surface area contributed by atoms with Crippen molar-refractivity contribution in [2.45, 2.75) is 52.5 Å². The Kier molecular flexibility index (Phi) is 5.99. The smallest absolute Gasteiger partial charge is 0.340 e. The predicted octanol–water partition coefficient (Wildman–Crippen LogP) is 4.69. The fraction of sp³-hybridized carbons (Fsp3) is 0.455. The number of benzene rings is 1. The highest BCUT2D eigenvalue weighted by Gasteiger charge is 2.23. The van der Waals surface area contributed by atoms with Gasteiger partial charge in [0.2, 0.25) is 0 Å². The summed E-state index contributed by atoms with van der Waals surface area (Å²) in [6.45, 7) is 6.35. The van der Waals surface area contributed by atoms with Crippen LogP contribution in [0.1, 0.15) is 70.8 Å². The molecule has 0 amide bonds. The number of ether oxygens (including phenoxy) is 1. The van der Waals surface area contributed by atoms with Crippen LogP contribution in [0.2, 0.25) is 0 Å². The van der Waals surface area contributed by atoms with Crippen LogP contribution in [0.4, 0.5) is 5.69 Å². The molecular formula is C22H28N2O3. The number of carbonyl (C=O) groups excluding carboxylic acids is 2. The van der Waals surface area contributed by atoms with Crippen LogP contribution in [0.3, 0.4) is 0 Å². The molecule has 144 valence electrons. The Hall–Kier alpha value is -2.56. The molecule has 1 aliphatic rings. The summed E-state index contributed by atoms with van der Waals surface area (Å²) in [6, 6.07) is 9.63. The van der Waals surface area contributed by atoms with E-state index in [1.54, 1.807) is 25.1 Å². The van der Waals surface area contributed by atoms with E-state index in [9.17, 15) is 9.59 Å². The average Bonchev–Trinajstić information content (AvgIpc) is 3.28. The number of esters is 1. The summed E-state index contributed by atoms with van der Waals surface area (Å²) in [5.74, 6) is -0.349. The highest BCUT2D eigenvalue weighted by molar-refractivity contribution is 6.01. The van der Waals surface area contributed by atoms with E-state index in [-0.39, 0.29) is 18.3 Å². The number of carbonyl (C=O) groups is 2. The number of aryl methyl sites for hydroxylation is 1. The predicted molar refractivity (Wildman–Crippen MR) is 107 cm³/mol. The minimum atomic E-state index is -0.382. The fourth-order valence-corrected chi connectivity index (χ4v) is 4.08. The lowest BCUT2D eigenvalue weighted by molar-refractivity contribution is 0.0527. The Morgan fingerprint density at radius 2 is 1.85 bits per heavy atom. The SMILES string of the molecule is CCOC(=O)c1ccccc1NCC(=O)c1cc(C)n(C2CCCC2)c1C. The molecule has 0 bridgehead atoms. The van der Waals surface area contributed by atoms with Crippen molar-refractivity contribution in [3.63, 3.8) is 0 Å². The molecule has 1 aliphatic carbocycles. The van der Waals surface area contributed by atoms with Gasteiger partial charge in [0.05, 0.1) is 18.7 Å². The van der Waals surface area contributed by atoms with E-state index < -0.39 is 0 Å². The Morgan fingerprint density at radius 1 is 1.15 bits per heavy atom. The first-order valence-electron chi connectivity index (χ1n) is 9.74. The summed E-state index contributed by atoms with van der Waals surface area (Å²) in [4.78, 5) is 24.9. The number of anilines is 1. The fourth-order valence-electron chi connectivity index (χ4n) is 4.08. The quantitative estimate of drug-likeness (QED) is 0.569. The van der Waals surface area contributed by atoms with Crippen LogP contribution in [0.25, 0.3) is 0 Å². The summed E-state index contributed by atoms with van der Waals surface area (Å²) in [7, 11) is 0. The van der Waals surface area contributed by atoms with Gasteiger partial charge in [0.1, 0.15) is 0 Å². The van der Waals surface area contributed by atoms with Crippen LogP contribution in [0.5, 0.6) is 0 Å². The van der Waals surface area contributed by atoms with Gasteiger partial charge in [-0.25, -0.2) is 4.79 Å². The molecule has 0 radical (unpaired) electrons. The minimum Gasteiger partial charge on any atom is -0.462 e. The summed E-state index contributed by atoms with van der Waals surface area (Å²) in [6.07, 6.45) is 4.90. The highest BCUT2D eigenvalue weighted by Crippen LogP contribution is 2.33. The monoisotopic (exact) mass is 368 g/mol. The maximum Gasteiger partial charge on any atom is 0.340 e. The largest absolute Gasteiger partial charge is 0.462 e. The van der Waals surface area contributed by atoms with E-state index >= 15 is 0 Å². The third-order valence-electron chi connectivity index (χ3n) is 5.34. The van der Waals surface area contributed by atoms with Crippen LogP contribution in [-0.4, -0.2) is 29.5 Å². The first-order valence-corrected chi connectivity index (χ1v) is 9.74. The first kappa shape index (κ1) is 19.2. The topological polar surface area (TPSA) is 60.3 Å². The molecule has 1 heterocycles. The van der Waals surface area contributed by atoms with Crippen molar-refractivity contribution in [2.75, 3.05) is 18.5 Å². The Balaban J connectivity index is 1.74. The lowest BCUT2D eigenvalue weighted by atomic mass is 10.1. The third-order valence-corrected chi connectivity index (χ3v) is 5.34. The molecule has 0 atom stereocenters. The first-order chi connectivity index (χ1) is 13.0. The zero-order valence-corrected chi connectivity index (χ0v) is 16.4. The highest BCUT2D eigenvalue weighted by atomic mass is 16.5. The summed E-state index contributed by atoms with van der Waals surface area (Å²) in [5, 5.41) is 3.12. The summed E-state index contributed by atoms with van der Waals surface area (Å²) in [5.41, 5.74) is 4.03. The van der Waals surface area contributed by atoms with E-state index in [2.05, 4.69) is 16.8 Å². The number of ketones is 1. The van der Waals surface area contributed by atoms with Gasteiger partial charge in [-0.15, -0.1) is 0 Å². The molecule has 1 aromatic carbocycles. The number of hydrogen-bond donors (Lipinski definition) is 1. The molecule has 5 heteroatoms. The second-order valence-corrected chi connectivity index (χ2v) is 7.14. The van der Waals surface area contributed by atoms with Gasteiger partial charge in [0, 0.05) is 28.7 Å². The number of nitrogens with zero attached hydrogens (tertiary/aromatic N) is 1. The van der Waals surface area contributed by atoms with Crippen molar-refractivity contribution in [3.05, 3.63) is 52.8 Å². The van der Waals surface area contributed by atoms with Crippen molar-refractivity contribution in [1.29, 1.82) is 0 Å². The van der Waals surface area contributed by atoms with Crippen molar-refractivity contribution in [2.24, 2.45) is 0 Å². The van der Waals surface area contributed by atoms with Crippen molar-refractivity contribution in [1.82, 2.24) is 4.57 Å². The van der Waals surface area contributed by atoms with Gasteiger partial charge in [-0.3, -0.25) is 4.79 Å². The molecule has 0 saturated heterocycles. The van der Waals surface area contributed by atoms with Crippen LogP contribution >= 0.6 is 0 Å². The van der Waals surface area contributed by atoms with E-state index in [1.165, 1.54) is 25.7 Å². The molecule has 27 heavy (non-hydrogen) atoms. The van der Waals surface area contributed by atoms with Crippen molar-refractivity contribution in [3.8, 4) is 0 Å². The summed E-state index contributed by atoms with van der Waals surface area (Å²) < 4.78 is 7.41. The second kappa shape index (κ2) is 8.42. The number of nitrogens with one attached hydrogen (secondary N) is 1. The molecular weight excluding hydrogens is 340 g/mol. The van der Waals surface area contributed by atoms with Gasteiger partial charge >= 0.3 is 5.97 Å². The van der Waals surface area contributed by atoms with Crippen LogP contribution in [0.15, 0.2) is 30.3 Å². The van der Waals surface area contributed by atoms with Crippen molar-refractivity contribution < 1.29 is 14.3 Å². The van der Waals surface area contributed by atoms with Gasteiger partial charge in [0.15, 0.2) is 5.78 Å². The molecule has 3 rings (SSSR count). The number of rotatable bonds is 7. The Morgan fingerprint density at radius 3 is 2.56 bits per heavy atom. The van der Waals surface area contributed by atoms with E-state index in [1.807, 2.05) is 19.1 Å². The van der Waals surface area contributed by atoms with Gasteiger partial charge < -0.3 is 14.6 Å². The molecule has 2 aromatic rings. The molecule has 1 N–H and O–H groups in total. The molecule has 1 aromatic heterocycles. The van der Waals surface area contributed by atoms with Gasteiger partial charge in [0.25, 0.3) is 0 Å². The zero-order chi connectivity index (χ0) is 19.4. The molecule has 1 saturated carbocycles. The number of aromatic nitrogens is 1. The normalized spacial score (nSPS) is 14.3. The molecule has 1 fully saturated rings. The van der Waals surface area contributed by atoms with Gasteiger partial charge in [-0.05, 0) is 51.8 Å². The average molecular weight is 368 g/mol. The van der Waals surface area contributed by atoms with Crippen LogP contribution < -0.4 is 5.32 Å². The standard InChI is InChI=1S/C22H28N2O3/c1-4-27-22(26)18-11-7-8-12-20(18)23-14-21(25)19-13-15(2)24(16(19)3)17-9-5-6-10-17/h7-8,11-13,17,23H,4-6,9-10,14H2,1-3H3. The van der Waals surface area contributed by atoms with E-state index in [0.717, 1.165) is 17.0 Å². The van der Waals surface area contributed by atoms with Gasteiger partial charge in [-0.1, -0.05) is 25.0 Å². The van der Waals surface area contributed by atoms with E-state index in [0.29, 0.717) is 23.9 Å². The van der Waals surface area contributed by atoms with E-state index in [4.69, 9.17) is 4.74 Å². The van der Waals surface area contributed by atoms with Crippen LogP contribution in [0, 0.1) is 13.8 Å². The number of para-hydroxylation sites is 1. The lowest BCUT2D eigenvalue weighted by Gasteiger charge is -2.17. The number of hydrogen-bond acceptors (Lipinski definition) is 4. The van der Waals surface area contributed by atoms with Gasteiger partial charge in [-0.2, -0.15) is 0 Å². The maximum atomic E-state index is 12.8. The maximum absolute atomic E-state index is 12.8.